The molecular formula is C18H35F5NOS+. The Morgan fingerprint density at radius 2 is 1.50 bits per heavy atom. The minimum absolute atomic E-state index is 0.0998. The van der Waals surface area contributed by atoms with Crippen molar-refractivity contribution in [1.82, 2.24) is 0 Å². The zero-order valence-electron chi connectivity index (χ0n) is 16.8. The van der Waals surface area contributed by atoms with Gasteiger partial charge in [-0.1, -0.05) is 0 Å². The van der Waals surface area contributed by atoms with Crippen LogP contribution in [0.2, 0.25) is 0 Å². The second-order valence-electron chi connectivity index (χ2n) is 9.03. The van der Waals surface area contributed by atoms with E-state index in [9.17, 15) is 27.1 Å². The van der Waals surface area contributed by atoms with E-state index in [1.54, 1.807) is 0 Å². The molecular weight excluding hydrogens is 373 g/mol. The van der Waals surface area contributed by atoms with E-state index in [2.05, 4.69) is 0 Å². The lowest BCUT2D eigenvalue weighted by molar-refractivity contribution is -0.873. The zero-order valence-corrected chi connectivity index (χ0v) is 17.6. The van der Waals surface area contributed by atoms with Crippen molar-refractivity contribution in [3.8, 4) is 0 Å². The summed E-state index contributed by atoms with van der Waals surface area (Å²) >= 11 is 1.52. The van der Waals surface area contributed by atoms with Gasteiger partial charge in [0.05, 0.1) is 21.1 Å². The van der Waals surface area contributed by atoms with Gasteiger partial charge in [0.2, 0.25) is 5.67 Å². The second-order valence-corrected chi connectivity index (χ2v) is 10.2. The molecule has 0 radical (unpaired) electrons. The Kier molecular flexibility index (Phi) is 9.89. The van der Waals surface area contributed by atoms with Crippen molar-refractivity contribution in [2.75, 3.05) is 39.2 Å². The molecule has 0 aliphatic carbocycles. The maximum atomic E-state index is 14.0. The van der Waals surface area contributed by atoms with Crippen molar-refractivity contribution in [3.63, 3.8) is 0 Å². The molecule has 0 aliphatic heterocycles. The number of nitrogens with zero attached hydrogens (tertiary/aromatic N) is 1. The van der Waals surface area contributed by atoms with Crippen molar-refractivity contribution < 1.29 is 31.5 Å². The first-order valence-corrected chi connectivity index (χ1v) is 10.1. The summed E-state index contributed by atoms with van der Waals surface area (Å²) < 4.78 is 66.9. The predicted molar refractivity (Wildman–Crippen MR) is 98.9 cm³/mol. The van der Waals surface area contributed by atoms with Gasteiger partial charge < -0.3 is 9.59 Å². The summed E-state index contributed by atoms with van der Waals surface area (Å²) in [4.78, 5) is 0. The van der Waals surface area contributed by atoms with Crippen LogP contribution in [0.25, 0.3) is 0 Å². The van der Waals surface area contributed by atoms with Crippen molar-refractivity contribution >= 4 is 11.8 Å². The molecule has 26 heavy (non-hydrogen) atoms. The highest BCUT2D eigenvalue weighted by molar-refractivity contribution is 7.99. The quantitative estimate of drug-likeness (QED) is 0.279. The Hall–Kier alpha value is -0.0800. The van der Waals surface area contributed by atoms with Gasteiger partial charge in [0.15, 0.2) is 0 Å². The molecule has 0 spiro atoms. The maximum Gasteiger partial charge on any atom is 0.422 e. The molecule has 0 heterocycles. The molecule has 0 bridgehead atoms. The molecule has 0 aromatic heterocycles. The predicted octanol–water partition coefficient (Wildman–Crippen LogP) is 5.00. The Morgan fingerprint density at radius 1 is 0.962 bits per heavy atom. The average molecular weight is 409 g/mol. The first kappa shape index (κ1) is 25.9. The number of thioether (sulfide) groups is 1. The van der Waals surface area contributed by atoms with E-state index in [1.165, 1.54) is 25.6 Å². The number of quaternary nitrogens is 1. The lowest BCUT2D eigenvalue weighted by Gasteiger charge is -2.30. The van der Waals surface area contributed by atoms with Crippen molar-refractivity contribution in [1.29, 1.82) is 0 Å². The molecule has 0 amide bonds. The minimum Gasteiger partial charge on any atom is -0.386 e. The molecule has 0 aromatic rings. The van der Waals surface area contributed by atoms with Crippen molar-refractivity contribution in [3.05, 3.63) is 0 Å². The normalized spacial score (nSPS) is 18.5. The van der Waals surface area contributed by atoms with Crippen LogP contribution >= 0.6 is 11.8 Å². The first-order valence-electron chi connectivity index (χ1n) is 8.94. The number of hydrogen-bond donors (Lipinski definition) is 1. The van der Waals surface area contributed by atoms with Crippen LogP contribution in [0.4, 0.5) is 22.0 Å². The highest BCUT2D eigenvalue weighted by Gasteiger charge is 2.53. The number of rotatable bonds is 12. The van der Waals surface area contributed by atoms with E-state index in [1.807, 2.05) is 21.1 Å². The second kappa shape index (κ2) is 9.92. The summed E-state index contributed by atoms with van der Waals surface area (Å²) in [5.74, 6) is 0.508. The summed E-state index contributed by atoms with van der Waals surface area (Å²) in [5.41, 5.74) is -4.95. The summed E-state index contributed by atoms with van der Waals surface area (Å²) in [6, 6.07) is 0. The van der Waals surface area contributed by atoms with Gasteiger partial charge in [-0.2, -0.15) is 24.9 Å². The topological polar surface area (TPSA) is 20.2 Å². The first-order chi connectivity index (χ1) is 11.4. The van der Waals surface area contributed by atoms with Gasteiger partial charge in [-0.3, -0.25) is 0 Å². The fraction of sp³-hybridized carbons (Fsp3) is 1.00. The van der Waals surface area contributed by atoms with Crippen LogP contribution in [-0.2, 0) is 0 Å². The summed E-state index contributed by atoms with van der Waals surface area (Å²) in [7, 11) is 5.93. The van der Waals surface area contributed by atoms with Crippen LogP contribution in [0, 0.1) is 5.92 Å². The van der Waals surface area contributed by atoms with E-state index >= 15 is 0 Å². The number of aliphatic hydroxyl groups is 1. The molecule has 0 fully saturated rings. The molecule has 1 N–H and O–H groups in total. The Bertz CT molecular complexity index is 402. The number of hydrogen-bond acceptors (Lipinski definition) is 2. The maximum absolute atomic E-state index is 14.0. The highest BCUT2D eigenvalue weighted by atomic mass is 32.2. The summed E-state index contributed by atoms with van der Waals surface area (Å²) in [6.07, 6.45) is -5.33. The lowest BCUT2D eigenvalue weighted by Crippen LogP contribution is -2.42. The lowest BCUT2D eigenvalue weighted by atomic mass is 9.83. The van der Waals surface area contributed by atoms with Gasteiger partial charge in [0.25, 0.3) is 0 Å². The van der Waals surface area contributed by atoms with Gasteiger partial charge in [0.1, 0.15) is 18.3 Å². The largest absolute Gasteiger partial charge is 0.422 e. The van der Waals surface area contributed by atoms with E-state index in [0.717, 1.165) is 0 Å². The molecule has 8 heteroatoms. The molecule has 3 atom stereocenters. The summed E-state index contributed by atoms with van der Waals surface area (Å²) in [6.45, 7) is 3.75. The van der Waals surface area contributed by atoms with E-state index < -0.39 is 36.0 Å². The van der Waals surface area contributed by atoms with Crippen molar-refractivity contribution in [2.45, 2.75) is 70.1 Å². The molecule has 0 rings (SSSR count). The Labute approximate surface area is 159 Å². The molecule has 0 aliphatic rings. The van der Waals surface area contributed by atoms with Gasteiger partial charge in [-0.15, -0.1) is 0 Å². The zero-order chi connectivity index (χ0) is 20.8. The van der Waals surface area contributed by atoms with Crippen LogP contribution in [0.3, 0.4) is 0 Å². The van der Waals surface area contributed by atoms with Gasteiger partial charge >= 0.3 is 6.18 Å². The molecule has 0 saturated heterocycles. The Morgan fingerprint density at radius 3 is 1.92 bits per heavy atom. The smallest absolute Gasteiger partial charge is 0.386 e. The van der Waals surface area contributed by atoms with Crippen LogP contribution in [0.15, 0.2) is 0 Å². The van der Waals surface area contributed by atoms with Crippen LogP contribution < -0.4 is 0 Å². The number of alkyl halides is 5. The Balaban J connectivity index is 4.45. The molecule has 0 aromatic carbocycles. The van der Waals surface area contributed by atoms with Gasteiger partial charge in [0, 0.05) is 5.75 Å². The number of aliphatic hydroxyl groups excluding tert-OH is 1. The van der Waals surface area contributed by atoms with Crippen molar-refractivity contribution in [2.24, 2.45) is 5.92 Å². The standard InChI is InChI=1S/C18H35F5NOS/c1-16(2,19)10-14(11-17(3,20)18(21,22)23)8-7-9-26-13-15(25)12-24(4,5)6/h14-15,25H,7-13H2,1-6H3/q+1. The van der Waals surface area contributed by atoms with Gasteiger partial charge in [-0.25, -0.2) is 8.78 Å². The molecule has 0 saturated carbocycles. The third-order valence-corrected chi connectivity index (χ3v) is 5.20. The minimum atomic E-state index is -4.95. The molecule has 2 nitrogen and oxygen atoms in total. The fourth-order valence-electron chi connectivity index (χ4n) is 3.00. The molecule has 3 unspecified atom stereocenters. The summed E-state index contributed by atoms with van der Waals surface area (Å²) in [5, 5.41) is 9.93. The average Bonchev–Trinajstić information content (AvgIpc) is 2.31. The fourth-order valence-corrected chi connectivity index (χ4v) is 3.91. The van der Waals surface area contributed by atoms with Crippen LogP contribution in [0.1, 0.15) is 46.5 Å². The van der Waals surface area contributed by atoms with Crippen LogP contribution in [-0.4, -0.2) is 72.4 Å². The van der Waals surface area contributed by atoms with E-state index in [4.69, 9.17) is 0 Å². The monoisotopic (exact) mass is 408 g/mol. The third-order valence-electron chi connectivity index (χ3n) is 4.01. The van der Waals surface area contributed by atoms with E-state index in [0.29, 0.717) is 42.3 Å². The van der Waals surface area contributed by atoms with Gasteiger partial charge in [-0.05, 0) is 58.1 Å². The van der Waals surface area contributed by atoms with Crippen LogP contribution in [0.5, 0.6) is 0 Å². The number of halogens is 5. The molecule has 158 valence electrons. The SMILES string of the molecule is CC(C)(F)CC(CCCSCC(O)C[N+](C)(C)C)CC(C)(F)C(F)(F)F. The highest BCUT2D eigenvalue weighted by Crippen LogP contribution is 2.41. The van der Waals surface area contributed by atoms with E-state index in [-0.39, 0.29) is 6.42 Å². The third kappa shape index (κ3) is 12.3. The number of likely N-dealkylation sites (N-methyl/N-ethyl adjacent to an activating group) is 1.